The van der Waals surface area contributed by atoms with E-state index in [0.29, 0.717) is 5.69 Å². The van der Waals surface area contributed by atoms with Crippen LogP contribution in [0.2, 0.25) is 0 Å². The zero-order valence-electron chi connectivity index (χ0n) is 14.0. The van der Waals surface area contributed by atoms with Crippen LogP contribution in [0.4, 0.5) is 0 Å². The number of nitrogens with zero attached hydrogens (tertiary/aromatic N) is 2. The van der Waals surface area contributed by atoms with Crippen molar-refractivity contribution in [3.05, 3.63) is 56.4 Å². The van der Waals surface area contributed by atoms with E-state index in [0.717, 1.165) is 22.4 Å². The number of aromatic nitrogens is 3. The first-order valence-electron chi connectivity index (χ1n) is 8.67. The molecule has 0 bridgehead atoms. The van der Waals surface area contributed by atoms with Gasteiger partial charge in [0.15, 0.2) is 5.65 Å². The largest absolute Gasteiger partial charge is 0.477 e. The first-order chi connectivity index (χ1) is 12.5. The molecule has 1 aliphatic rings. The first kappa shape index (κ1) is 17.0. The highest BCUT2D eigenvalue weighted by Gasteiger charge is 2.20. The Morgan fingerprint density at radius 3 is 2.62 bits per heavy atom. The molecule has 0 amide bonds. The number of benzene rings is 1. The van der Waals surface area contributed by atoms with Crippen LogP contribution in [0.25, 0.3) is 16.9 Å². The van der Waals surface area contributed by atoms with Crippen molar-refractivity contribution in [1.82, 2.24) is 14.6 Å². The van der Waals surface area contributed by atoms with E-state index in [9.17, 15) is 14.7 Å². The molecule has 0 atom stereocenters. The van der Waals surface area contributed by atoms with E-state index in [2.05, 4.69) is 38.1 Å². The maximum absolute atomic E-state index is 12.3. The molecule has 6 nitrogen and oxygen atoms in total. The van der Waals surface area contributed by atoms with Crippen LogP contribution in [0.1, 0.15) is 41.6 Å². The number of carboxylic acids is 1. The van der Waals surface area contributed by atoms with Gasteiger partial charge in [-0.15, -0.1) is 0 Å². The van der Waals surface area contributed by atoms with Gasteiger partial charge in [0.1, 0.15) is 10.2 Å². The lowest BCUT2D eigenvalue weighted by atomic mass is 9.97. The van der Waals surface area contributed by atoms with Gasteiger partial charge < -0.3 is 10.1 Å². The SMILES string of the molecule is O=C(O)c1c(Br)nn2c(=O)cc(-c3ccc(CC4CCCC4)cc3)[nH]c12. The molecule has 134 valence electrons. The molecule has 1 fully saturated rings. The molecule has 4 rings (SSSR count). The van der Waals surface area contributed by atoms with E-state index < -0.39 is 5.97 Å². The summed E-state index contributed by atoms with van der Waals surface area (Å²) < 4.78 is 1.19. The average Bonchev–Trinajstić information content (AvgIpc) is 3.22. The quantitative estimate of drug-likeness (QED) is 0.676. The van der Waals surface area contributed by atoms with E-state index in [1.165, 1.54) is 37.3 Å². The number of hydrogen-bond acceptors (Lipinski definition) is 3. The third-order valence-electron chi connectivity index (χ3n) is 5.05. The maximum Gasteiger partial charge on any atom is 0.342 e. The Hall–Kier alpha value is -2.41. The molecule has 2 heterocycles. The minimum atomic E-state index is -1.15. The van der Waals surface area contributed by atoms with Gasteiger partial charge >= 0.3 is 5.97 Å². The molecular formula is C19H18BrN3O3. The van der Waals surface area contributed by atoms with Crippen molar-refractivity contribution in [2.45, 2.75) is 32.1 Å². The molecule has 0 aliphatic heterocycles. The van der Waals surface area contributed by atoms with Gasteiger partial charge in [-0.25, -0.2) is 4.79 Å². The molecule has 0 unspecified atom stereocenters. The summed E-state index contributed by atoms with van der Waals surface area (Å²) in [6, 6.07) is 9.54. The van der Waals surface area contributed by atoms with E-state index in [1.54, 1.807) is 0 Å². The molecule has 0 saturated heterocycles. The number of aromatic amines is 1. The van der Waals surface area contributed by atoms with E-state index in [4.69, 9.17) is 0 Å². The van der Waals surface area contributed by atoms with Crippen LogP contribution in [0.3, 0.4) is 0 Å². The Bertz CT molecular complexity index is 1030. The van der Waals surface area contributed by atoms with E-state index >= 15 is 0 Å². The molecule has 2 N–H and O–H groups in total. The topological polar surface area (TPSA) is 87.5 Å². The van der Waals surface area contributed by atoms with E-state index in [1.807, 2.05) is 12.1 Å². The van der Waals surface area contributed by atoms with Crippen molar-refractivity contribution in [2.75, 3.05) is 0 Å². The molecule has 7 heteroatoms. The zero-order chi connectivity index (χ0) is 18.3. The van der Waals surface area contributed by atoms with Crippen molar-refractivity contribution in [1.29, 1.82) is 0 Å². The van der Waals surface area contributed by atoms with Gasteiger partial charge in [0, 0.05) is 6.07 Å². The molecule has 3 aromatic rings. The van der Waals surface area contributed by atoms with Crippen molar-refractivity contribution < 1.29 is 9.90 Å². The summed E-state index contributed by atoms with van der Waals surface area (Å²) in [5, 5.41) is 13.3. The standard InChI is InChI=1S/C19H18BrN3O3/c20-17-16(19(25)26)18-21-14(10-15(24)23(18)22-17)13-7-5-12(6-8-13)9-11-3-1-2-4-11/h5-8,10-11,21H,1-4,9H2,(H,25,26). The van der Waals surface area contributed by atoms with Gasteiger partial charge in [-0.2, -0.15) is 9.61 Å². The van der Waals surface area contributed by atoms with Crippen LogP contribution < -0.4 is 5.56 Å². The number of rotatable bonds is 4. The Balaban J connectivity index is 1.71. The number of hydrogen-bond donors (Lipinski definition) is 2. The zero-order valence-corrected chi connectivity index (χ0v) is 15.6. The summed E-state index contributed by atoms with van der Waals surface area (Å²) >= 11 is 3.10. The minimum absolute atomic E-state index is 0.0539. The third-order valence-corrected chi connectivity index (χ3v) is 5.61. The molecule has 1 aliphatic carbocycles. The Morgan fingerprint density at radius 1 is 1.27 bits per heavy atom. The summed E-state index contributed by atoms with van der Waals surface area (Å²) in [6.07, 6.45) is 6.36. The number of carboxylic acid groups (broad SMARTS) is 1. The van der Waals surface area contributed by atoms with Gasteiger partial charge in [-0.3, -0.25) is 4.79 Å². The predicted octanol–water partition coefficient (Wildman–Crippen LogP) is 3.88. The summed E-state index contributed by atoms with van der Waals surface area (Å²) in [4.78, 5) is 26.8. The predicted molar refractivity (Wildman–Crippen MR) is 102 cm³/mol. The Morgan fingerprint density at radius 2 is 1.96 bits per heavy atom. The van der Waals surface area contributed by atoms with Crippen molar-refractivity contribution in [3.8, 4) is 11.3 Å². The minimum Gasteiger partial charge on any atom is -0.477 e. The smallest absolute Gasteiger partial charge is 0.342 e. The van der Waals surface area contributed by atoms with Gasteiger partial charge in [-0.05, 0) is 39.4 Å². The highest BCUT2D eigenvalue weighted by atomic mass is 79.9. The highest BCUT2D eigenvalue weighted by molar-refractivity contribution is 9.10. The molecule has 2 aromatic heterocycles. The number of nitrogens with one attached hydrogen (secondary N) is 1. The summed E-state index contributed by atoms with van der Waals surface area (Å²) in [6.45, 7) is 0. The van der Waals surface area contributed by atoms with Crippen LogP contribution in [-0.2, 0) is 6.42 Å². The van der Waals surface area contributed by atoms with Gasteiger partial charge in [0.25, 0.3) is 5.56 Å². The first-order valence-corrected chi connectivity index (χ1v) is 9.46. The lowest BCUT2D eigenvalue weighted by Crippen LogP contribution is -2.15. The number of aromatic carboxylic acids is 1. The van der Waals surface area contributed by atoms with Crippen LogP contribution in [0, 0.1) is 5.92 Å². The lowest BCUT2D eigenvalue weighted by Gasteiger charge is -2.10. The normalized spacial score (nSPS) is 15.0. The molecular weight excluding hydrogens is 398 g/mol. The molecule has 0 spiro atoms. The molecule has 26 heavy (non-hydrogen) atoms. The lowest BCUT2D eigenvalue weighted by molar-refractivity contribution is 0.0698. The van der Waals surface area contributed by atoms with Crippen molar-refractivity contribution in [3.63, 3.8) is 0 Å². The highest BCUT2D eigenvalue weighted by Crippen LogP contribution is 2.29. The molecule has 0 radical (unpaired) electrons. The van der Waals surface area contributed by atoms with Gasteiger partial charge in [0.05, 0.1) is 5.69 Å². The second-order valence-electron chi connectivity index (χ2n) is 6.80. The van der Waals surface area contributed by atoms with Crippen LogP contribution in [-0.4, -0.2) is 25.7 Å². The molecule has 1 saturated carbocycles. The Labute approximate surface area is 158 Å². The molecule has 1 aromatic carbocycles. The van der Waals surface area contributed by atoms with Crippen LogP contribution >= 0.6 is 15.9 Å². The Kier molecular flexibility index (Phi) is 4.40. The van der Waals surface area contributed by atoms with Crippen molar-refractivity contribution >= 4 is 27.5 Å². The van der Waals surface area contributed by atoms with Crippen molar-refractivity contribution in [2.24, 2.45) is 5.92 Å². The van der Waals surface area contributed by atoms with Crippen LogP contribution in [0.5, 0.6) is 0 Å². The summed E-state index contributed by atoms with van der Waals surface area (Å²) in [5.74, 6) is -0.370. The second kappa shape index (κ2) is 6.72. The number of carbonyl (C=O) groups is 1. The van der Waals surface area contributed by atoms with Crippen LogP contribution in [0.15, 0.2) is 39.7 Å². The monoisotopic (exact) mass is 415 g/mol. The second-order valence-corrected chi connectivity index (χ2v) is 7.56. The summed E-state index contributed by atoms with van der Waals surface area (Å²) in [5.41, 5.74) is 2.45. The number of H-pyrrole nitrogens is 1. The number of fused-ring (bicyclic) bond motifs is 1. The fourth-order valence-electron chi connectivity index (χ4n) is 3.73. The van der Waals surface area contributed by atoms with E-state index in [-0.39, 0.29) is 21.4 Å². The fourth-order valence-corrected chi connectivity index (χ4v) is 4.24. The maximum atomic E-state index is 12.3. The average molecular weight is 416 g/mol. The fraction of sp³-hybridized carbons (Fsp3) is 0.316. The van der Waals surface area contributed by atoms with Gasteiger partial charge in [-0.1, -0.05) is 49.9 Å². The third kappa shape index (κ3) is 3.07. The van der Waals surface area contributed by atoms with Gasteiger partial charge in [0.2, 0.25) is 0 Å². The summed E-state index contributed by atoms with van der Waals surface area (Å²) in [7, 11) is 0. The number of halogens is 1.